The molecule has 0 atom stereocenters. The van der Waals surface area contributed by atoms with Gasteiger partial charge in [-0.3, -0.25) is 9.58 Å². The molecule has 3 aliphatic heterocycles. The normalized spacial score (nSPS) is 20.1. The Hall–Kier alpha value is -3.75. The average Bonchev–Trinajstić information content (AvgIpc) is 4.13. The molecule has 22 heteroatoms. The van der Waals surface area contributed by atoms with Crippen molar-refractivity contribution < 1.29 is 13.2 Å². The molecule has 0 unspecified atom stereocenters. The molecule has 0 spiro atoms. The van der Waals surface area contributed by atoms with Gasteiger partial charge < -0.3 is 24.5 Å². The van der Waals surface area contributed by atoms with Crippen LogP contribution in [-0.2, 0) is 14.8 Å². The summed E-state index contributed by atoms with van der Waals surface area (Å²) in [6.07, 6.45) is 20.2. The van der Waals surface area contributed by atoms with Crippen LogP contribution in [0.15, 0.2) is 37.2 Å². The molecule has 2 N–H and O–H groups in total. The molecule has 11 rings (SSSR count). The van der Waals surface area contributed by atoms with Crippen LogP contribution in [0.3, 0.4) is 0 Å². The molecular weight excluding hydrogens is 874 g/mol. The lowest BCUT2D eigenvalue weighted by molar-refractivity contribution is -0.0734. The first-order chi connectivity index (χ1) is 29.0. The van der Waals surface area contributed by atoms with Gasteiger partial charge in [0.15, 0.2) is 10.3 Å². The van der Waals surface area contributed by atoms with Gasteiger partial charge in [-0.25, -0.2) is 27.4 Å². The molecule has 6 aromatic heterocycles. The fraction of sp³-hybridized carbons (Fsp3) is 0.526. The molecule has 2 aliphatic carbocycles. The van der Waals surface area contributed by atoms with E-state index in [2.05, 4.69) is 49.8 Å². The van der Waals surface area contributed by atoms with Crippen LogP contribution in [0.4, 0.5) is 23.3 Å². The van der Waals surface area contributed by atoms with Gasteiger partial charge in [0.05, 0.1) is 82.2 Å². The smallest absolute Gasteiger partial charge is 0.229 e. The van der Waals surface area contributed by atoms with Crippen molar-refractivity contribution in [3.8, 4) is 0 Å². The fourth-order valence-corrected chi connectivity index (χ4v) is 10.1. The summed E-state index contributed by atoms with van der Waals surface area (Å²) < 4.78 is 38.2. The molecule has 0 bridgehead atoms. The molecule has 9 heterocycles. The third-order valence-corrected chi connectivity index (χ3v) is 14.7. The summed E-state index contributed by atoms with van der Waals surface area (Å²) in [5.74, 6) is 0.924. The summed E-state index contributed by atoms with van der Waals surface area (Å²) in [6.45, 7) is 4.78. The van der Waals surface area contributed by atoms with Gasteiger partial charge in [0.2, 0.25) is 21.9 Å². The van der Waals surface area contributed by atoms with Gasteiger partial charge >= 0.3 is 0 Å². The Labute approximate surface area is 366 Å². The number of fused-ring (bicyclic) bond motifs is 2. The van der Waals surface area contributed by atoms with Crippen LogP contribution in [0.1, 0.15) is 75.5 Å². The molecule has 2 saturated carbocycles. The molecule has 0 radical (unpaired) electrons. The van der Waals surface area contributed by atoms with Crippen molar-refractivity contribution in [2.24, 2.45) is 0 Å². The number of ether oxygens (including phenoxy) is 1. The summed E-state index contributed by atoms with van der Waals surface area (Å²) in [4.78, 5) is 20.7. The SMILES string of the molecule is CS(=O)(=O)N1CCC(n2cc(Nc3ncc4c(Cl)cn(C5CC5)c4n3)c(Cl)n2)CC1.Clc1cn(C2CC2)c2nc(Nc3cnn(C4CCN(C5COC5)CC4)c3Cl)ncc12. The summed E-state index contributed by atoms with van der Waals surface area (Å²) in [6, 6.07) is 1.93. The van der Waals surface area contributed by atoms with E-state index in [0.29, 0.717) is 88.0 Å². The second-order valence-electron chi connectivity index (χ2n) is 16.3. The van der Waals surface area contributed by atoms with Crippen molar-refractivity contribution >= 4 is 102 Å². The maximum absolute atomic E-state index is 11.7. The van der Waals surface area contributed by atoms with Crippen molar-refractivity contribution in [1.29, 1.82) is 0 Å². The Bertz CT molecular complexity index is 2650. The van der Waals surface area contributed by atoms with Crippen molar-refractivity contribution in [1.82, 2.24) is 57.8 Å². The average molecular weight is 919 g/mol. The maximum Gasteiger partial charge on any atom is 0.229 e. The second kappa shape index (κ2) is 16.2. The number of hydrogen-bond acceptors (Lipinski definition) is 12. The molecule has 5 aliphatic rings. The highest BCUT2D eigenvalue weighted by Gasteiger charge is 2.32. The van der Waals surface area contributed by atoms with Crippen LogP contribution >= 0.6 is 46.4 Å². The topological polar surface area (TPSA) is 171 Å². The largest absolute Gasteiger partial charge is 0.378 e. The van der Waals surface area contributed by atoms with Crippen LogP contribution in [0.25, 0.3) is 22.1 Å². The second-order valence-corrected chi connectivity index (χ2v) is 19.8. The molecule has 0 aromatic carbocycles. The van der Waals surface area contributed by atoms with E-state index in [1.54, 1.807) is 23.3 Å². The van der Waals surface area contributed by atoms with E-state index < -0.39 is 10.0 Å². The summed E-state index contributed by atoms with van der Waals surface area (Å²) in [5, 5.41) is 19.3. The van der Waals surface area contributed by atoms with Crippen molar-refractivity contribution in [3.05, 3.63) is 57.5 Å². The van der Waals surface area contributed by atoms with Crippen molar-refractivity contribution in [2.45, 2.75) is 81.6 Å². The number of rotatable bonds is 10. The molecule has 17 nitrogen and oxygen atoms in total. The highest BCUT2D eigenvalue weighted by Crippen LogP contribution is 2.41. The number of sulfonamides is 1. The Balaban J connectivity index is 0.000000144. The minimum Gasteiger partial charge on any atom is -0.378 e. The summed E-state index contributed by atoms with van der Waals surface area (Å²) in [5.41, 5.74) is 2.99. The van der Waals surface area contributed by atoms with Crippen molar-refractivity contribution in [3.63, 3.8) is 0 Å². The number of halogens is 4. The molecule has 3 saturated heterocycles. The predicted molar refractivity (Wildman–Crippen MR) is 232 cm³/mol. The Morgan fingerprint density at radius 1 is 0.667 bits per heavy atom. The lowest BCUT2D eigenvalue weighted by atomic mass is 10.0. The monoisotopic (exact) mass is 916 g/mol. The highest BCUT2D eigenvalue weighted by molar-refractivity contribution is 7.88. The first-order valence-corrected chi connectivity index (χ1v) is 23.7. The number of anilines is 4. The lowest BCUT2D eigenvalue weighted by Crippen LogP contribution is -2.51. The van der Waals surface area contributed by atoms with Crippen molar-refractivity contribution in [2.75, 3.05) is 56.3 Å². The molecule has 0 amide bonds. The number of piperidine rings is 2. The van der Waals surface area contributed by atoms with E-state index in [0.717, 1.165) is 92.6 Å². The van der Waals surface area contributed by atoms with E-state index in [9.17, 15) is 8.42 Å². The first-order valence-electron chi connectivity index (χ1n) is 20.3. The molecule has 6 aromatic rings. The van der Waals surface area contributed by atoms with Gasteiger partial charge in [0, 0.05) is 63.1 Å². The van der Waals surface area contributed by atoms with Gasteiger partial charge in [-0.1, -0.05) is 46.4 Å². The molecule has 318 valence electrons. The zero-order chi connectivity index (χ0) is 41.3. The Morgan fingerprint density at radius 2 is 1.22 bits per heavy atom. The van der Waals surface area contributed by atoms with Gasteiger partial charge in [0.25, 0.3) is 0 Å². The third-order valence-electron chi connectivity index (χ3n) is 12.1. The van der Waals surface area contributed by atoms with Gasteiger partial charge in [-0.15, -0.1) is 0 Å². The molecule has 5 fully saturated rings. The van der Waals surface area contributed by atoms with Crippen LogP contribution in [0, 0.1) is 0 Å². The summed E-state index contributed by atoms with van der Waals surface area (Å²) >= 11 is 25.7. The van der Waals surface area contributed by atoms with Crippen LogP contribution in [0.2, 0.25) is 20.4 Å². The van der Waals surface area contributed by atoms with Gasteiger partial charge in [0.1, 0.15) is 11.3 Å². The zero-order valence-corrected chi connectivity index (χ0v) is 36.6. The first kappa shape index (κ1) is 40.3. The quantitative estimate of drug-likeness (QED) is 0.138. The number of nitrogens with one attached hydrogen (secondary N) is 2. The summed E-state index contributed by atoms with van der Waals surface area (Å²) in [7, 11) is -3.16. The zero-order valence-electron chi connectivity index (χ0n) is 32.8. The third kappa shape index (κ3) is 8.17. The van der Waals surface area contributed by atoms with Crippen LogP contribution < -0.4 is 10.6 Å². The predicted octanol–water partition coefficient (Wildman–Crippen LogP) is 7.66. The highest BCUT2D eigenvalue weighted by atomic mass is 35.5. The Kier molecular flexibility index (Phi) is 10.9. The minimum absolute atomic E-state index is 0.0883. The number of hydrogen-bond donors (Lipinski definition) is 2. The number of nitrogens with zero attached hydrogens (tertiary/aromatic N) is 12. The van der Waals surface area contributed by atoms with Crippen LogP contribution in [-0.4, -0.2) is 118 Å². The van der Waals surface area contributed by atoms with Crippen LogP contribution in [0.5, 0.6) is 0 Å². The lowest BCUT2D eigenvalue weighted by Gasteiger charge is -2.41. The minimum atomic E-state index is -3.16. The van der Waals surface area contributed by atoms with E-state index in [-0.39, 0.29) is 6.04 Å². The van der Waals surface area contributed by atoms with Gasteiger partial charge in [-0.2, -0.15) is 20.2 Å². The number of likely N-dealkylation sites (tertiary alicyclic amines) is 1. The number of aromatic nitrogens is 10. The van der Waals surface area contributed by atoms with Gasteiger partial charge in [-0.05, 0) is 51.4 Å². The maximum atomic E-state index is 11.7. The molecule has 60 heavy (non-hydrogen) atoms. The Morgan fingerprint density at radius 3 is 1.73 bits per heavy atom. The van der Waals surface area contributed by atoms with E-state index in [1.165, 1.54) is 10.6 Å². The van der Waals surface area contributed by atoms with E-state index in [4.69, 9.17) is 56.1 Å². The fourth-order valence-electron chi connectivity index (χ4n) is 8.30. The molecular formula is C38H44Cl4N14O3S. The van der Waals surface area contributed by atoms with E-state index in [1.807, 2.05) is 23.3 Å². The van der Waals surface area contributed by atoms with E-state index >= 15 is 0 Å². The standard InChI is InChI=1S/C20H23Cl2N7O.C18H21Cl2N7O2S/c21-16-9-28(12-1-2-12)19-15(16)7-23-20(26-19)25-17-8-24-29(18(17)22)13-3-5-27(6-4-13)14-10-30-11-14;1-30(28,29)25-6-4-12(5-7-25)27-10-15(16(20)24-27)22-18-21-8-13-14(19)9-26(11-2-3-11)17(13)23-18/h7-9,12-14H,1-6,10-11H2,(H,23,25,26);8-12H,2-7H2,1H3,(H,21,22,23).